The summed E-state index contributed by atoms with van der Waals surface area (Å²) in [6.45, 7) is 7.04. The number of ether oxygens (including phenoxy) is 1. The van der Waals surface area contributed by atoms with Crippen LogP contribution in [-0.2, 0) is 14.3 Å². The Hall–Kier alpha value is -1.10. The van der Waals surface area contributed by atoms with E-state index in [-0.39, 0.29) is 12.3 Å². The standard InChI is InChI=1S/C13H25NO4/c1-10(2)7-9-18-11(3)13(17)14-8-5-4-6-12(15)16/h10-11H,4-9H2,1-3H3,(H,14,17)(H,15,16). The molecule has 2 N–H and O–H groups in total. The Morgan fingerprint density at radius 3 is 2.44 bits per heavy atom. The minimum Gasteiger partial charge on any atom is -0.481 e. The van der Waals surface area contributed by atoms with Crippen molar-refractivity contribution in [1.29, 1.82) is 0 Å². The monoisotopic (exact) mass is 259 g/mol. The van der Waals surface area contributed by atoms with Gasteiger partial charge in [0.1, 0.15) is 6.10 Å². The number of unbranched alkanes of at least 4 members (excludes halogenated alkanes) is 1. The van der Waals surface area contributed by atoms with E-state index in [0.29, 0.717) is 31.9 Å². The number of amides is 1. The second-order valence-corrected chi connectivity index (χ2v) is 4.84. The van der Waals surface area contributed by atoms with Crippen molar-refractivity contribution in [2.75, 3.05) is 13.2 Å². The number of carboxylic acid groups (broad SMARTS) is 1. The Labute approximate surface area is 109 Å². The van der Waals surface area contributed by atoms with Crippen LogP contribution in [0.4, 0.5) is 0 Å². The lowest BCUT2D eigenvalue weighted by molar-refractivity contribution is -0.137. The second kappa shape index (κ2) is 9.88. The first-order chi connectivity index (χ1) is 8.43. The second-order valence-electron chi connectivity index (χ2n) is 4.84. The van der Waals surface area contributed by atoms with Gasteiger partial charge in [-0.25, -0.2) is 0 Å². The van der Waals surface area contributed by atoms with Crippen LogP contribution in [0, 0.1) is 5.92 Å². The normalized spacial score (nSPS) is 12.4. The molecule has 5 nitrogen and oxygen atoms in total. The fourth-order valence-electron chi connectivity index (χ4n) is 1.31. The molecule has 0 aliphatic carbocycles. The molecule has 0 aromatic rings. The average molecular weight is 259 g/mol. The Morgan fingerprint density at radius 2 is 1.89 bits per heavy atom. The van der Waals surface area contributed by atoms with E-state index in [4.69, 9.17) is 9.84 Å². The number of hydrogen-bond donors (Lipinski definition) is 2. The number of rotatable bonds is 10. The molecule has 1 unspecified atom stereocenters. The zero-order valence-corrected chi connectivity index (χ0v) is 11.6. The third kappa shape index (κ3) is 10.1. The Morgan fingerprint density at radius 1 is 1.22 bits per heavy atom. The van der Waals surface area contributed by atoms with E-state index in [9.17, 15) is 9.59 Å². The number of carbonyl (C=O) groups excluding carboxylic acids is 1. The number of carbonyl (C=O) groups is 2. The summed E-state index contributed by atoms with van der Waals surface area (Å²) in [6.07, 6.45) is 1.91. The molecule has 0 spiro atoms. The van der Waals surface area contributed by atoms with Crippen LogP contribution in [0.25, 0.3) is 0 Å². The van der Waals surface area contributed by atoms with Crippen molar-refractivity contribution in [3.63, 3.8) is 0 Å². The summed E-state index contributed by atoms with van der Waals surface area (Å²) in [4.78, 5) is 21.8. The van der Waals surface area contributed by atoms with E-state index < -0.39 is 12.1 Å². The van der Waals surface area contributed by atoms with Crippen molar-refractivity contribution < 1.29 is 19.4 Å². The minimum atomic E-state index is -0.799. The fraction of sp³-hybridized carbons (Fsp3) is 0.846. The number of aliphatic carboxylic acids is 1. The van der Waals surface area contributed by atoms with Gasteiger partial charge in [-0.2, -0.15) is 0 Å². The average Bonchev–Trinajstić information content (AvgIpc) is 2.27. The van der Waals surface area contributed by atoms with Crippen LogP contribution < -0.4 is 5.32 Å². The molecule has 1 amide bonds. The molecule has 0 fully saturated rings. The molecule has 106 valence electrons. The predicted molar refractivity (Wildman–Crippen MR) is 69.4 cm³/mol. The van der Waals surface area contributed by atoms with Crippen LogP contribution in [-0.4, -0.2) is 36.2 Å². The van der Waals surface area contributed by atoms with Crippen LogP contribution in [0.3, 0.4) is 0 Å². The molecular formula is C13H25NO4. The third-order valence-corrected chi connectivity index (χ3v) is 2.55. The molecule has 0 aliphatic heterocycles. The first-order valence-corrected chi connectivity index (χ1v) is 6.54. The smallest absolute Gasteiger partial charge is 0.303 e. The van der Waals surface area contributed by atoms with E-state index in [0.717, 1.165) is 6.42 Å². The molecule has 0 bridgehead atoms. The van der Waals surface area contributed by atoms with Gasteiger partial charge in [0.15, 0.2) is 0 Å². The quantitative estimate of drug-likeness (QED) is 0.587. The number of nitrogens with one attached hydrogen (secondary N) is 1. The van der Waals surface area contributed by atoms with Crippen molar-refractivity contribution in [1.82, 2.24) is 5.32 Å². The molecule has 0 aromatic carbocycles. The van der Waals surface area contributed by atoms with Gasteiger partial charge in [-0.15, -0.1) is 0 Å². The lowest BCUT2D eigenvalue weighted by Crippen LogP contribution is -2.35. The van der Waals surface area contributed by atoms with Crippen LogP contribution in [0.2, 0.25) is 0 Å². The topological polar surface area (TPSA) is 75.6 Å². The van der Waals surface area contributed by atoms with E-state index >= 15 is 0 Å². The summed E-state index contributed by atoms with van der Waals surface area (Å²) >= 11 is 0. The molecule has 5 heteroatoms. The first kappa shape index (κ1) is 16.9. The highest BCUT2D eigenvalue weighted by Crippen LogP contribution is 2.01. The van der Waals surface area contributed by atoms with Gasteiger partial charge in [0.2, 0.25) is 5.91 Å². The van der Waals surface area contributed by atoms with Gasteiger partial charge in [-0.3, -0.25) is 9.59 Å². The number of hydrogen-bond acceptors (Lipinski definition) is 3. The van der Waals surface area contributed by atoms with E-state index in [2.05, 4.69) is 19.2 Å². The lowest BCUT2D eigenvalue weighted by atomic mass is 10.1. The molecule has 0 aromatic heterocycles. The highest BCUT2D eigenvalue weighted by Gasteiger charge is 2.12. The Bertz CT molecular complexity index is 253. The van der Waals surface area contributed by atoms with Crippen LogP contribution >= 0.6 is 0 Å². The maximum Gasteiger partial charge on any atom is 0.303 e. The van der Waals surface area contributed by atoms with Gasteiger partial charge in [0.05, 0.1) is 0 Å². The molecular weight excluding hydrogens is 234 g/mol. The summed E-state index contributed by atoms with van der Waals surface area (Å²) in [7, 11) is 0. The molecule has 0 radical (unpaired) electrons. The largest absolute Gasteiger partial charge is 0.481 e. The van der Waals surface area contributed by atoms with Gasteiger partial charge in [0.25, 0.3) is 0 Å². The van der Waals surface area contributed by atoms with E-state index in [1.165, 1.54) is 0 Å². The molecule has 0 heterocycles. The van der Waals surface area contributed by atoms with E-state index in [1.807, 2.05) is 0 Å². The zero-order valence-electron chi connectivity index (χ0n) is 11.6. The Kier molecular flexibility index (Phi) is 9.28. The molecule has 1 atom stereocenters. The van der Waals surface area contributed by atoms with E-state index in [1.54, 1.807) is 6.92 Å². The maximum absolute atomic E-state index is 11.6. The van der Waals surface area contributed by atoms with Crippen molar-refractivity contribution in [2.45, 2.75) is 52.6 Å². The van der Waals surface area contributed by atoms with Gasteiger partial charge < -0.3 is 15.2 Å². The van der Waals surface area contributed by atoms with Crippen LogP contribution in [0.15, 0.2) is 0 Å². The summed E-state index contributed by atoms with van der Waals surface area (Å²) in [6, 6.07) is 0. The van der Waals surface area contributed by atoms with Crippen molar-refractivity contribution >= 4 is 11.9 Å². The highest BCUT2D eigenvalue weighted by atomic mass is 16.5. The molecule has 0 aliphatic rings. The third-order valence-electron chi connectivity index (χ3n) is 2.55. The number of carboxylic acids is 1. The maximum atomic E-state index is 11.6. The lowest BCUT2D eigenvalue weighted by Gasteiger charge is -2.14. The minimum absolute atomic E-state index is 0.130. The fourth-order valence-corrected chi connectivity index (χ4v) is 1.31. The zero-order chi connectivity index (χ0) is 14.0. The first-order valence-electron chi connectivity index (χ1n) is 6.54. The van der Waals surface area contributed by atoms with Gasteiger partial charge in [-0.1, -0.05) is 13.8 Å². The molecule has 0 rings (SSSR count). The summed E-state index contributed by atoms with van der Waals surface area (Å²) in [5, 5.41) is 11.2. The summed E-state index contributed by atoms with van der Waals surface area (Å²) < 4.78 is 5.40. The van der Waals surface area contributed by atoms with Crippen LogP contribution in [0.5, 0.6) is 0 Å². The van der Waals surface area contributed by atoms with Crippen molar-refractivity contribution in [2.24, 2.45) is 5.92 Å². The summed E-state index contributed by atoms with van der Waals surface area (Å²) in [5.74, 6) is -0.364. The van der Waals surface area contributed by atoms with Gasteiger partial charge in [0, 0.05) is 19.6 Å². The Balaban J connectivity index is 3.52. The van der Waals surface area contributed by atoms with Crippen LogP contribution in [0.1, 0.15) is 46.5 Å². The van der Waals surface area contributed by atoms with Gasteiger partial charge in [-0.05, 0) is 32.1 Å². The molecule has 18 heavy (non-hydrogen) atoms. The summed E-state index contributed by atoms with van der Waals surface area (Å²) in [5.41, 5.74) is 0. The molecule has 0 saturated heterocycles. The molecule has 0 saturated carbocycles. The van der Waals surface area contributed by atoms with Crippen molar-refractivity contribution in [3.8, 4) is 0 Å². The van der Waals surface area contributed by atoms with Crippen molar-refractivity contribution in [3.05, 3.63) is 0 Å². The SMILES string of the molecule is CC(C)CCOC(C)C(=O)NCCCCC(=O)O. The highest BCUT2D eigenvalue weighted by molar-refractivity contribution is 5.80. The predicted octanol–water partition coefficient (Wildman–Crippen LogP) is 1.81. The van der Waals surface area contributed by atoms with Gasteiger partial charge >= 0.3 is 5.97 Å².